The fourth-order valence-electron chi connectivity index (χ4n) is 4.73. The van der Waals surface area contributed by atoms with Gasteiger partial charge in [-0.05, 0) is 29.7 Å². The van der Waals surface area contributed by atoms with Crippen molar-refractivity contribution in [1.82, 2.24) is 9.49 Å². The van der Waals surface area contributed by atoms with Gasteiger partial charge in [0, 0.05) is 12.6 Å². The molecule has 0 spiro atoms. The van der Waals surface area contributed by atoms with Crippen LogP contribution in [0.1, 0.15) is 45.2 Å². The lowest BCUT2D eigenvalue weighted by molar-refractivity contribution is -0.140. The molecule has 1 aliphatic rings. The minimum absolute atomic E-state index is 0.0451. The standard InChI is InChI=1S/C29H29N3O6/c1-20(33)32(30)24(17-27(34)35)18-31(15-14-21-8-4-2-5-9-21)28(36)25-16-23(12-13-26(25)32)29(37)38-19-22-10-6-3-7-11-22/h2-13,16,24H,14-15,17-19,30H2,1H3/p+1/t24-,32+/m1/s1. The van der Waals surface area contributed by atoms with Crippen LogP contribution in [0.25, 0.3) is 0 Å². The third kappa shape index (κ3) is 5.64. The molecule has 3 aromatic rings. The Hall–Kier alpha value is -4.34. The first-order valence-electron chi connectivity index (χ1n) is 12.3. The number of nitrogens with two attached hydrogens (primary N) is 1. The van der Waals surface area contributed by atoms with Gasteiger partial charge in [0.15, 0.2) is 5.69 Å². The molecule has 0 aromatic heterocycles. The molecule has 196 valence electrons. The summed E-state index contributed by atoms with van der Waals surface area (Å²) in [6.07, 6.45) is 0.0939. The third-order valence-electron chi connectivity index (χ3n) is 6.81. The van der Waals surface area contributed by atoms with Crippen LogP contribution in [0.3, 0.4) is 0 Å². The SMILES string of the molecule is CC(=O)[N@@+]1(N)c2ccc(C(=O)OCc3ccccc3)cc2C(=O)N(CCc2ccccc2)C[C@H]1CC(=O)O. The molecule has 0 radical (unpaired) electrons. The lowest BCUT2D eigenvalue weighted by atomic mass is 10.0. The Morgan fingerprint density at radius 2 is 1.63 bits per heavy atom. The highest BCUT2D eigenvalue weighted by Crippen LogP contribution is 2.34. The Bertz CT molecular complexity index is 1340. The first-order valence-corrected chi connectivity index (χ1v) is 12.3. The molecule has 38 heavy (non-hydrogen) atoms. The van der Waals surface area contributed by atoms with Crippen molar-refractivity contribution in [2.24, 2.45) is 5.84 Å². The Kier molecular flexibility index (Phi) is 7.99. The zero-order valence-corrected chi connectivity index (χ0v) is 21.1. The fourth-order valence-corrected chi connectivity index (χ4v) is 4.73. The summed E-state index contributed by atoms with van der Waals surface area (Å²) in [6, 6.07) is 22.1. The van der Waals surface area contributed by atoms with Gasteiger partial charge in [-0.2, -0.15) is 5.84 Å². The van der Waals surface area contributed by atoms with Crippen molar-refractivity contribution in [3.05, 3.63) is 101 Å². The van der Waals surface area contributed by atoms with Crippen molar-refractivity contribution >= 4 is 29.4 Å². The molecule has 2 atom stereocenters. The van der Waals surface area contributed by atoms with E-state index in [4.69, 9.17) is 10.6 Å². The highest BCUT2D eigenvalue weighted by atomic mass is 16.5. The second-order valence-corrected chi connectivity index (χ2v) is 9.33. The number of hydrogen-bond acceptors (Lipinski definition) is 6. The van der Waals surface area contributed by atoms with Crippen molar-refractivity contribution in [1.29, 1.82) is 0 Å². The molecule has 0 saturated carbocycles. The highest BCUT2D eigenvalue weighted by Gasteiger charge is 2.49. The summed E-state index contributed by atoms with van der Waals surface area (Å²) in [4.78, 5) is 52.9. The quantitative estimate of drug-likeness (QED) is 0.204. The largest absolute Gasteiger partial charge is 0.481 e. The number of carboxylic acid groups (broad SMARTS) is 1. The summed E-state index contributed by atoms with van der Waals surface area (Å²) < 4.78 is 4.57. The number of esters is 1. The lowest BCUT2D eigenvalue weighted by Crippen LogP contribution is -2.67. The molecule has 1 aliphatic heterocycles. The number of quaternary nitrogens is 1. The van der Waals surface area contributed by atoms with Crippen molar-refractivity contribution in [2.75, 3.05) is 13.1 Å². The predicted molar refractivity (Wildman–Crippen MR) is 141 cm³/mol. The van der Waals surface area contributed by atoms with E-state index < -0.39 is 40.8 Å². The number of amides is 2. The van der Waals surface area contributed by atoms with Gasteiger partial charge in [-0.15, -0.1) is 4.59 Å². The molecule has 4 rings (SSSR count). The van der Waals surface area contributed by atoms with Crippen molar-refractivity contribution in [3.63, 3.8) is 0 Å². The molecule has 3 aromatic carbocycles. The molecule has 1 heterocycles. The van der Waals surface area contributed by atoms with Crippen LogP contribution in [0.4, 0.5) is 5.69 Å². The number of carbonyl (C=O) groups is 4. The first-order chi connectivity index (χ1) is 18.2. The maximum absolute atomic E-state index is 13.8. The van der Waals surface area contributed by atoms with Gasteiger partial charge in [-0.3, -0.25) is 9.59 Å². The van der Waals surface area contributed by atoms with Crippen LogP contribution >= 0.6 is 0 Å². The van der Waals surface area contributed by atoms with Crippen molar-refractivity contribution in [3.8, 4) is 0 Å². The summed E-state index contributed by atoms with van der Waals surface area (Å²) in [7, 11) is 0. The second-order valence-electron chi connectivity index (χ2n) is 9.33. The maximum atomic E-state index is 13.8. The summed E-state index contributed by atoms with van der Waals surface area (Å²) >= 11 is 0. The number of fused-ring (bicyclic) bond motifs is 1. The second kappa shape index (κ2) is 11.4. The minimum atomic E-state index is -1.13. The van der Waals surface area contributed by atoms with E-state index in [-0.39, 0.29) is 36.5 Å². The molecule has 0 aliphatic carbocycles. The van der Waals surface area contributed by atoms with Crippen LogP contribution in [0, 0.1) is 0 Å². The van der Waals surface area contributed by atoms with Crippen LogP contribution in [-0.4, -0.2) is 52.9 Å². The number of aliphatic carboxylic acids is 1. The first kappa shape index (κ1) is 26.7. The van der Waals surface area contributed by atoms with E-state index in [1.165, 1.54) is 30.0 Å². The van der Waals surface area contributed by atoms with E-state index in [9.17, 15) is 24.3 Å². The van der Waals surface area contributed by atoms with E-state index in [1.807, 2.05) is 60.7 Å². The van der Waals surface area contributed by atoms with Crippen LogP contribution in [-0.2, 0) is 27.4 Å². The Morgan fingerprint density at radius 3 is 2.24 bits per heavy atom. The zero-order chi connectivity index (χ0) is 27.3. The number of carboxylic acids is 1. The van der Waals surface area contributed by atoms with Gasteiger partial charge in [0.2, 0.25) is 0 Å². The topological polar surface area (TPSA) is 127 Å². The molecular weight excluding hydrogens is 486 g/mol. The van der Waals surface area contributed by atoms with Crippen molar-refractivity contribution < 1.29 is 29.0 Å². The molecule has 9 heteroatoms. The number of hydrogen-bond donors (Lipinski definition) is 2. The Morgan fingerprint density at radius 1 is 1.00 bits per heavy atom. The predicted octanol–water partition coefficient (Wildman–Crippen LogP) is 3.31. The summed E-state index contributed by atoms with van der Waals surface area (Å²) in [5.41, 5.74) is 2.15. The van der Waals surface area contributed by atoms with E-state index in [1.54, 1.807) is 0 Å². The van der Waals surface area contributed by atoms with Gasteiger partial charge in [-0.1, -0.05) is 60.7 Å². The molecule has 0 saturated heterocycles. The van der Waals surface area contributed by atoms with Gasteiger partial charge >= 0.3 is 17.8 Å². The van der Waals surface area contributed by atoms with Gasteiger partial charge < -0.3 is 14.7 Å². The number of rotatable bonds is 8. The molecule has 0 unspecified atom stereocenters. The highest BCUT2D eigenvalue weighted by molar-refractivity contribution is 6.05. The number of ether oxygens (including phenoxy) is 1. The average Bonchev–Trinajstić information content (AvgIpc) is 3.00. The average molecular weight is 517 g/mol. The van der Waals surface area contributed by atoms with E-state index in [0.29, 0.717) is 6.42 Å². The summed E-state index contributed by atoms with van der Waals surface area (Å²) in [5, 5.41) is 9.61. The van der Waals surface area contributed by atoms with Crippen LogP contribution < -0.4 is 10.4 Å². The van der Waals surface area contributed by atoms with E-state index in [2.05, 4.69) is 0 Å². The third-order valence-corrected chi connectivity index (χ3v) is 6.81. The van der Waals surface area contributed by atoms with Crippen LogP contribution in [0.5, 0.6) is 0 Å². The molecule has 0 bridgehead atoms. The fraction of sp³-hybridized carbons (Fsp3) is 0.241. The summed E-state index contributed by atoms with van der Waals surface area (Å²) in [6.45, 7) is 1.55. The molecule has 3 N–H and O–H groups in total. The normalized spacial score (nSPS) is 18.8. The molecule has 9 nitrogen and oxygen atoms in total. The number of carbonyl (C=O) groups excluding carboxylic acids is 3. The van der Waals surface area contributed by atoms with Crippen LogP contribution in [0.15, 0.2) is 78.9 Å². The van der Waals surface area contributed by atoms with Gasteiger partial charge in [0.25, 0.3) is 5.91 Å². The smallest absolute Gasteiger partial charge is 0.338 e. The summed E-state index contributed by atoms with van der Waals surface area (Å²) in [5.74, 6) is 3.91. The monoisotopic (exact) mass is 516 g/mol. The Balaban J connectivity index is 1.71. The van der Waals surface area contributed by atoms with Gasteiger partial charge in [0.1, 0.15) is 24.6 Å². The molecule has 2 amide bonds. The van der Waals surface area contributed by atoms with Gasteiger partial charge in [-0.25, -0.2) is 9.59 Å². The minimum Gasteiger partial charge on any atom is -0.481 e. The number of nitrogens with zero attached hydrogens (tertiary/aromatic N) is 2. The van der Waals surface area contributed by atoms with E-state index in [0.717, 1.165) is 11.1 Å². The van der Waals surface area contributed by atoms with Gasteiger partial charge in [0.05, 0.1) is 19.0 Å². The van der Waals surface area contributed by atoms with Crippen LogP contribution in [0.2, 0.25) is 0 Å². The maximum Gasteiger partial charge on any atom is 0.338 e. The lowest BCUT2D eigenvalue weighted by Gasteiger charge is -2.35. The zero-order valence-electron chi connectivity index (χ0n) is 21.1. The molecular formula is C29H30N3O6+. The molecule has 0 fully saturated rings. The number of benzene rings is 3. The van der Waals surface area contributed by atoms with Crippen molar-refractivity contribution in [2.45, 2.75) is 32.4 Å². The Labute approximate surface area is 220 Å². The van der Waals surface area contributed by atoms with E-state index >= 15 is 0 Å².